The largest absolute Gasteiger partial charge is 0.449 e. The molecule has 2 rings (SSSR count). The first-order valence-electron chi connectivity index (χ1n) is 6.16. The summed E-state index contributed by atoms with van der Waals surface area (Å²) in [5.74, 6) is 2.02. The molecule has 0 spiro atoms. The minimum absolute atomic E-state index is 0.370. The van der Waals surface area contributed by atoms with Crippen molar-refractivity contribution >= 4 is 0 Å². The van der Waals surface area contributed by atoms with Gasteiger partial charge >= 0.3 is 0 Å². The van der Waals surface area contributed by atoms with Gasteiger partial charge in [-0.1, -0.05) is 0 Å². The van der Waals surface area contributed by atoms with E-state index in [1.54, 1.807) is 6.07 Å². The van der Waals surface area contributed by atoms with Crippen LogP contribution in [0.3, 0.4) is 0 Å². The molecule has 0 atom stereocenters. The van der Waals surface area contributed by atoms with Gasteiger partial charge < -0.3 is 14.5 Å². The Morgan fingerprint density at radius 1 is 1.47 bits per heavy atom. The molecular weight excluding hydrogens is 216 g/mol. The van der Waals surface area contributed by atoms with Crippen molar-refractivity contribution in [1.82, 2.24) is 5.32 Å². The van der Waals surface area contributed by atoms with Crippen molar-refractivity contribution in [1.29, 1.82) is 5.26 Å². The molecule has 0 bridgehead atoms. The van der Waals surface area contributed by atoms with Gasteiger partial charge in [0.2, 0.25) is 5.76 Å². The number of furan rings is 1. The van der Waals surface area contributed by atoms with Crippen molar-refractivity contribution < 1.29 is 9.15 Å². The van der Waals surface area contributed by atoms with Gasteiger partial charge in [0.25, 0.3) is 0 Å². The molecule has 0 aromatic carbocycles. The summed E-state index contributed by atoms with van der Waals surface area (Å²) >= 11 is 0. The van der Waals surface area contributed by atoms with E-state index in [1.165, 1.54) is 12.8 Å². The standard InChI is InChI=1S/C13H18N2O2/c14-8-12-4-5-13(17-12)9-15-6-1-7-16-10-11-2-3-11/h4-5,11,15H,1-3,6-7,9-10H2. The second kappa shape index (κ2) is 6.43. The monoisotopic (exact) mass is 234 g/mol. The first-order chi connectivity index (χ1) is 8.38. The second-order valence-electron chi connectivity index (χ2n) is 4.43. The molecule has 1 saturated carbocycles. The van der Waals surface area contributed by atoms with Gasteiger partial charge in [-0.15, -0.1) is 0 Å². The summed E-state index contributed by atoms with van der Waals surface area (Å²) in [7, 11) is 0. The maximum atomic E-state index is 8.59. The lowest BCUT2D eigenvalue weighted by atomic mass is 10.4. The third-order valence-corrected chi connectivity index (χ3v) is 2.76. The zero-order valence-corrected chi connectivity index (χ0v) is 9.95. The number of nitrogens with zero attached hydrogens (tertiary/aromatic N) is 1. The molecule has 0 radical (unpaired) electrons. The van der Waals surface area contributed by atoms with E-state index in [4.69, 9.17) is 14.4 Å². The van der Waals surface area contributed by atoms with E-state index in [0.717, 1.165) is 37.9 Å². The van der Waals surface area contributed by atoms with Gasteiger partial charge in [-0.3, -0.25) is 0 Å². The van der Waals surface area contributed by atoms with E-state index in [9.17, 15) is 0 Å². The van der Waals surface area contributed by atoms with Crippen LogP contribution in [-0.2, 0) is 11.3 Å². The van der Waals surface area contributed by atoms with Crippen LogP contribution in [0.25, 0.3) is 0 Å². The lowest BCUT2D eigenvalue weighted by molar-refractivity contribution is 0.122. The Bertz CT molecular complexity index is 377. The van der Waals surface area contributed by atoms with Crippen molar-refractivity contribution in [3.05, 3.63) is 23.7 Å². The number of nitrogens with one attached hydrogen (secondary N) is 1. The SMILES string of the molecule is N#Cc1ccc(CNCCCOCC2CC2)o1. The van der Waals surface area contributed by atoms with Gasteiger partial charge in [-0.2, -0.15) is 5.26 Å². The fourth-order valence-corrected chi connectivity index (χ4v) is 1.58. The second-order valence-corrected chi connectivity index (χ2v) is 4.43. The summed E-state index contributed by atoms with van der Waals surface area (Å²) < 4.78 is 10.8. The molecule has 17 heavy (non-hydrogen) atoms. The molecule has 0 amide bonds. The van der Waals surface area contributed by atoms with Crippen LogP contribution in [0.5, 0.6) is 0 Å². The Hall–Kier alpha value is -1.31. The van der Waals surface area contributed by atoms with E-state index >= 15 is 0 Å². The highest BCUT2D eigenvalue weighted by molar-refractivity contribution is 5.18. The molecule has 0 saturated heterocycles. The summed E-state index contributed by atoms with van der Waals surface area (Å²) in [6, 6.07) is 5.49. The number of hydrogen-bond acceptors (Lipinski definition) is 4. The Morgan fingerprint density at radius 3 is 3.06 bits per heavy atom. The van der Waals surface area contributed by atoms with Crippen molar-refractivity contribution in [3.63, 3.8) is 0 Å². The highest BCUT2D eigenvalue weighted by Crippen LogP contribution is 2.28. The Morgan fingerprint density at radius 2 is 2.35 bits per heavy atom. The van der Waals surface area contributed by atoms with E-state index < -0.39 is 0 Å². The van der Waals surface area contributed by atoms with Crippen molar-refractivity contribution in [2.75, 3.05) is 19.8 Å². The quantitative estimate of drug-likeness (QED) is 0.699. The molecule has 1 aromatic heterocycles. The topological polar surface area (TPSA) is 58.2 Å². The summed E-state index contributed by atoms with van der Waals surface area (Å²) in [6.45, 7) is 3.34. The molecule has 1 heterocycles. The summed E-state index contributed by atoms with van der Waals surface area (Å²) in [5.41, 5.74) is 0. The fraction of sp³-hybridized carbons (Fsp3) is 0.615. The molecule has 1 aliphatic carbocycles. The summed E-state index contributed by atoms with van der Waals surface area (Å²) in [5, 5.41) is 11.8. The number of nitriles is 1. The van der Waals surface area contributed by atoms with Gasteiger partial charge in [0, 0.05) is 13.2 Å². The smallest absolute Gasteiger partial charge is 0.203 e. The van der Waals surface area contributed by atoms with Crippen molar-refractivity contribution in [2.45, 2.75) is 25.8 Å². The molecule has 1 aliphatic rings. The zero-order chi connectivity index (χ0) is 11.9. The molecule has 1 N–H and O–H groups in total. The van der Waals surface area contributed by atoms with Gasteiger partial charge in [0.15, 0.2) is 0 Å². The average Bonchev–Trinajstić information content (AvgIpc) is 3.05. The molecule has 1 aromatic rings. The Labute approximate surface area is 102 Å². The number of rotatable bonds is 8. The predicted octanol–water partition coefficient (Wildman–Crippen LogP) is 2.06. The molecule has 92 valence electrons. The maximum absolute atomic E-state index is 8.59. The first kappa shape index (κ1) is 12.2. The summed E-state index contributed by atoms with van der Waals surface area (Å²) in [4.78, 5) is 0. The van der Waals surface area contributed by atoms with Crippen LogP contribution in [0.2, 0.25) is 0 Å². The van der Waals surface area contributed by atoms with Crippen LogP contribution >= 0.6 is 0 Å². The lowest BCUT2D eigenvalue weighted by Crippen LogP contribution is -2.16. The van der Waals surface area contributed by atoms with Gasteiger partial charge in [0.05, 0.1) is 6.54 Å². The van der Waals surface area contributed by atoms with E-state index in [0.29, 0.717) is 12.3 Å². The van der Waals surface area contributed by atoms with Crippen molar-refractivity contribution in [2.24, 2.45) is 5.92 Å². The van der Waals surface area contributed by atoms with Gasteiger partial charge in [0.1, 0.15) is 11.8 Å². The summed E-state index contributed by atoms with van der Waals surface area (Å²) in [6.07, 6.45) is 3.70. The minimum atomic E-state index is 0.370. The van der Waals surface area contributed by atoms with E-state index in [-0.39, 0.29) is 0 Å². The predicted molar refractivity (Wildman–Crippen MR) is 63.3 cm³/mol. The van der Waals surface area contributed by atoms with Crippen LogP contribution in [0.15, 0.2) is 16.5 Å². The number of hydrogen-bond donors (Lipinski definition) is 1. The van der Waals surface area contributed by atoms with Gasteiger partial charge in [-0.05, 0) is 43.9 Å². The molecule has 4 heteroatoms. The van der Waals surface area contributed by atoms with Crippen LogP contribution in [-0.4, -0.2) is 19.8 Å². The first-order valence-corrected chi connectivity index (χ1v) is 6.16. The molecular formula is C13H18N2O2. The van der Waals surface area contributed by atoms with E-state index in [1.807, 2.05) is 12.1 Å². The highest BCUT2D eigenvalue weighted by Gasteiger charge is 2.20. The van der Waals surface area contributed by atoms with Gasteiger partial charge in [-0.25, -0.2) is 0 Å². The molecule has 0 aliphatic heterocycles. The van der Waals surface area contributed by atoms with E-state index in [2.05, 4.69) is 5.32 Å². The van der Waals surface area contributed by atoms with Crippen LogP contribution < -0.4 is 5.32 Å². The van der Waals surface area contributed by atoms with Crippen molar-refractivity contribution in [3.8, 4) is 6.07 Å². The molecule has 0 unspecified atom stereocenters. The van der Waals surface area contributed by atoms with Crippen LogP contribution in [0.1, 0.15) is 30.8 Å². The molecule has 1 fully saturated rings. The molecule has 4 nitrogen and oxygen atoms in total. The maximum Gasteiger partial charge on any atom is 0.203 e. The normalized spacial score (nSPS) is 14.8. The Kier molecular flexibility index (Phi) is 4.60. The third kappa shape index (κ3) is 4.59. The van der Waals surface area contributed by atoms with Crippen LogP contribution in [0.4, 0.5) is 0 Å². The fourth-order valence-electron chi connectivity index (χ4n) is 1.58. The zero-order valence-electron chi connectivity index (χ0n) is 9.95. The highest BCUT2D eigenvalue weighted by atomic mass is 16.5. The van der Waals surface area contributed by atoms with Crippen LogP contribution in [0, 0.1) is 17.2 Å². The minimum Gasteiger partial charge on any atom is -0.449 e. The lowest BCUT2D eigenvalue weighted by Gasteiger charge is -2.04. The number of ether oxygens (including phenoxy) is 1. The average molecular weight is 234 g/mol. The third-order valence-electron chi connectivity index (χ3n) is 2.76. The Balaban J connectivity index is 1.46.